The van der Waals surface area contributed by atoms with E-state index in [1.54, 1.807) is 12.1 Å². The molecule has 1 aromatic heterocycles. The summed E-state index contributed by atoms with van der Waals surface area (Å²) in [6, 6.07) is 3.83. The highest BCUT2D eigenvalue weighted by Gasteiger charge is 2.02. The first-order valence-corrected chi connectivity index (χ1v) is 6.34. The van der Waals surface area contributed by atoms with Gasteiger partial charge in [-0.3, -0.25) is 0 Å². The normalized spacial score (nSPS) is 12.5. The van der Waals surface area contributed by atoms with Crippen molar-refractivity contribution in [2.45, 2.75) is 18.0 Å². The predicted octanol–water partition coefficient (Wildman–Crippen LogP) is 2.14. The Hall–Kier alpha value is -0.160. The summed E-state index contributed by atoms with van der Waals surface area (Å²) < 4.78 is 5.19. The standard InChI is InChI=1S/C7H10IN3O3S/c1-5(4-8)9-6-2-3-7(11-10-6)15-14-13-12/h2-3,5,12H,4H2,1H3,(H,9,10). The van der Waals surface area contributed by atoms with E-state index in [0.29, 0.717) is 16.9 Å². The maximum atomic E-state index is 7.93. The third-order valence-corrected chi connectivity index (χ3v) is 3.25. The monoisotopic (exact) mass is 343 g/mol. The fraction of sp³-hybridized carbons (Fsp3) is 0.429. The Bertz CT molecular complexity index is 287. The number of anilines is 1. The van der Waals surface area contributed by atoms with Crippen LogP contribution >= 0.6 is 34.6 Å². The summed E-state index contributed by atoms with van der Waals surface area (Å²) in [5.41, 5.74) is 0. The highest BCUT2D eigenvalue weighted by atomic mass is 127. The number of hydrogen-bond donors (Lipinski definition) is 2. The van der Waals surface area contributed by atoms with E-state index in [2.05, 4.69) is 54.4 Å². The van der Waals surface area contributed by atoms with Gasteiger partial charge in [0.1, 0.15) is 10.8 Å². The minimum absolute atomic E-state index is 0.343. The molecule has 0 saturated carbocycles. The first kappa shape index (κ1) is 12.9. The lowest BCUT2D eigenvalue weighted by Crippen LogP contribution is -2.17. The van der Waals surface area contributed by atoms with Crippen LogP contribution in [0.15, 0.2) is 17.2 Å². The highest BCUT2D eigenvalue weighted by molar-refractivity contribution is 14.1. The molecule has 1 atom stereocenters. The van der Waals surface area contributed by atoms with E-state index < -0.39 is 0 Å². The second-order valence-corrected chi connectivity index (χ2v) is 4.28. The molecule has 1 rings (SSSR count). The van der Waals surface area contributed by atoms with Crippen LogP contribution < -0.4 is 5.32 Å². The van der Waals surface area contributed by atoms with Crippen molar-refractivity contribution in [2.75, 3.05) is 9.74 Å². The van der Waals surface area contributed by atoms with E-state index in [0.717, 1.165) is 16.5 Å². The van der Waals surface area contributed by atoms with Gasteiger partial charge in [-0.05, 0) is 19.1 Å². The lowest BCUT2D eigenvalue weighted by molar-refractivity contribution is -0.432. The van der Waals surface area contributed by atoms with Crippen molar-refractivity contribution in [1.29, 1.82) is 0 Å². The Morgan fingerprint density at radius 3 is 2.93 bits per heavy atom. The number of halogens is 1. The topological polar surface area (TPSA) is 76.5 Å². The Morgan fingerprint density at radius 1 is 1.60 bits per heavy atom. The average molecular weight is 343 g/mol. The molecule has 2 N–H and O–H groups in total. The van der Waals surface area contributed by atoms with E-state index in [9.17, 15) is 0 Å². The Balaban J connectivity index is 2.48. The largest absolute Gasteiger partial charge is 0.365 e. The third kappa shape index (κ3) is 4.93. The van der Waals surface area contributed by atoms with E-state index in [-0.39, 0.29) is 0 Å². The Kier molecular flexibility index (Phi) is 6.17. The summed E-state index contributed by atoms with van der Waals surface area (Å²) in [5.74, 6) is 0.702. The fourth-order valence-electron chi connectivity index (χ4n) is 0.783. The predicted molar refractivity (Wildman–Crippen MR) is 64.7 cm³/mol. The van der Waals surface area contributed by atoms with E-state index in [4.69, 9.17) is 5.26 Å². The minimum Gasteiger partial charge on any atom is -0.365 e. The molecule has 6 nitrogen and oxygen atoms in total. The van der Waals surface area contributed by atoms with Crippen LogP contribution in [0.4, 0.5) is 5.82 Å². The zero-order valence-electron chi connectivity index (χ0n) is 7.88. The van der Waals surface area contributed by atoms with Gasteiger partial charge in [0.2, 0.25) is 0 Å². The van der Waals surface area contributed by atoms with Crippen molar-refractivity contribution in [3.63, 3.8) is 0 Å². The second-order valence-electron chi connectivity index (χ2n) is 2.68. The van der Waals surface area contributed by atoms with Gasteiger partial charge in [0, 0.05) is 10.5 Å². The Labute approximate surface area is 105 Å². The first-order chi connectivity index (χ1) is 7.26. The summed E-state index contributed by atoms with van der Waals surface area (Å²) >= 11 is 3.06. The van der Waals surface area contributed by atoms with Crippen molar-refractivity contribution in [1.82, 2.24) is 10.2 Å². The van der Waals surface area contributed by atoms with Crippen LogP contribution in [0, 0.1) is 0 Å². The van der Waals surface area contributed by atoms with E-state index in [1.807, 2.05) is 0 Å². The molecule has 0 aliphatic carbocycles. The molecule has 0 bridgehead atoms. The quantitative estimate of drug-likeness (QED) is 0.269. The SMILES string of the molecule is CC(CI)Nc1ccc(SOOO)nn1. The lowest BCUT2D eigenvalue weighted by Gasteiger charge is -2.10. The number of hydrogen-bond acceptors (Lipinski definition) is 7. The van der Waals surface area contributed by atoms with E-state index >= 15 is 0 Å². The van der Waals surface area contributed by atoms with Crippen LogP contribution in [-0.4, -0.2) is 25.9 Å². The molecule has 1 heterocycles. The summed E-state index contributed by atoms with van der Waals surface area (Å²) in [5, 5.41) is 22.8. The van der Waals surface area contributed by atoms with Crippen molar-refractivity contribution in [3.8, 4) is 0 Å². The highest BCUT2D eigenvalue weighted by Crippen LogP contribution is 2.16. The van der Waals surface area contributed by atoms with Crippen molar-refractivity contribution in [2.24, 2.45) is 0 Å². The smallest absolute Gasteiger partial charge is 0.149 e. The third-order valence-electron chi connectivity index (χ3n) is 1.42. The molecule has 0 aliphatic heterocycles. The molecule has 0 spiro atoms. The van der Waals surface area contributed by atoms with Crippen LogP contribution in [0.1, 0.15) is 6.92 Å². The molecule has 0 amide bonds. The van der Waals surface area contributed by atoms with Crippen LogP contribution in [0.3, 0.4) is 0 Å². The molecular formula is C7H10IN3O3S. The summed E-state index contributed by atoms with van der Waals surface area (Å²) in [7, 11) is 0. The van der Waals surface area contributed by atoms with Gasteiger partial charge in [-0.1, -0.05) is 27.6 Å². The van der Waals surface area contributed by atoms with Gasteiger partial charge in [0.15, 0.2) is 0 Å². The van der Waals surface area contributed by atoms with Crippen LogP contribution in [-0.2, 0) is 9.37 Å². The molecule has 0 saturated heterocycles. The lowest BCUT2D eigenvalue weighted by atomic mass is 10.4. The number of nitrogens with zero attached hydrogens (tertiary/aromatic N) is 2. The van der Waals surface area contributed by atoms with Crippen molar-refractivity contribution >= 4 is 40.5 Å². The van der Waals surface area contributed by atoms with Gasteiger partial charge < -0.3 is 5.32 Å². The number of aromatic nitrogens is 2. The number of alkyl halides is 1. The number of nitrogens with one attached hydrogen (secondary N) is 1. The molecule has 0 radical (unpaired) electrons. The van der Waals surface area contributed by atoms with Gasteiger partial charge >= 0.3 is 0 Å². The molecule has 15 heavy (non-hydrogen) atoms. The van der Waals surface area contributed by atoms with Gasteiger partial charge in [-0.2, -0.15) is 0 Å². The fourth-order valence-corrected chi connectivity index (χ4v) is 1.30. The maximum absolute atomic E-state index is 7.93. The molecule has 0 fully saturated rings. The zero-order chi connectivity index (χ0) is 11.1. The van der Waals surface area contributed by atoms with Crippen LogP contribution in [0.25, 0.3) is 0 Å². The molecule has 8 heteroatoms. The number of rotatable bonds is 6. The Morgan fingerprint density at radius 2 is 2.40 bits per heavy atom. The summed E-state index contributed by atoms with van der Waals surface area (Å²) in [6.07, 6.45) is 0. The molecule has 0 aliphatic rings. The maximum Gasteiger partial charge on any atom is 0.149 e. The van der Waals surface area contributed by atoms with Gasteiger partial charge in [-0.15, -0.1) is 14.5 Å². The van der Waals surface area contributed by atoms with Gasteiger partial charge in [0.05, 0.1) is 12.0 Å². The first-order valence-electron chi connectivity index (χ1n) is 4.07. The summed E-state index contributed by atoms with van der Waals surface area (Å²) in [6.45, 7) is 2.06. The van der Waals surface area contributed by atoms with Crippen molar-refractivity contribution < 1.29 is 14.6 Å². The molecule has 1 aromatic rings. The van der Waals surface area contributed by atoms with Crippen LogP contribution in [0.2, 0.25) is 0 Å². The van der Waals surface area contributed by atoms with Gasteiger partial charge in [-0.25, -0.2) is 5.26 Å². The molecule has 1 unspecified atom stereocenters. The van der Waals surface area contributed by atoms with Crippen LogP contribution in [0.5, 0.6) is 0 Å². The minimum atomic E-state index is 0.343. The zero-order valence-corrected chi connectivity index (χ0v) is 10.9. The van der Waals surface area contributed by atoms with Crippen molar-refractivity contribution in [3.05, 3.63) is 12.1 Å². The second kappa shape index (κ2) is 7.17. The van der Waals surface area contributed by atoms with Gasteiger partial charge in [0.25, 0.3) is 0 Å². The van der Waals surface area contributed by atoms with E-state index in [1.165, 1.54) is 0 Å². The average Bonchev–Trinajstić information content (AvgIpc) is 2.28. The molecular weight excluding hydrogens is 333 g/mol. The molecule has 0 aromatic carbocycles. The summed E-state index contributed by atoms with van der Waals surface area (Å²) in [4.78, 5) is 0. The molecule has 84 valence electrons.